The summed E-state index contributed by atoms with van der Waals surface area (Å²) in [4.78, 5) is 18.4. The number of amides is 1. The highest BCUT2D eigenvalue weighted by molar-refractivity contribution is 8.01. The predicted molar refractivity (Wildman–Crippen MR) is 99.4 cm³/mol. The molecule has 132 valence electrons. The zero-order chi connectivity index (χ0) is 18.1. The first-order chi connectivity index (χ1) is 12.6. The molecule has 0 unspecified atom stereocenters. The number of nitrogens with one attached hydrogen (secondary N) is 1. The molecule has 0 spiro atoms. The number of halogens is 1. The molecule has 0 saturated carbocycles. The lowest BCUT2D eigenvalue weighted by molar-refractivity contribution is -0.121. The molecule has 1 aliphatic rings. The number of fused-ring (bicyclic) bond motifs is 1. The van der Waals surface area contributed by atoms with Crippen LogP contribution in [0.2, 0.25) is 0 Å². The number of hydrogen-bond acceptors (Lipinski definition) is 3. The van der Waals surface area contributed by atoms with Gasteiger partial charge in [0.2, 0.25) is 5.91 Å². The van der Waals surface area contributed by atoms with Crippen molar-refractivity contribution in [2.24, 2.45) is 7.05 Å². The van der Waals surface area contributed by atoms with Gasteiger partial charge >= 0.3 is 0 Å². The summed E-state index contributed by atoms with van der Waals surface area (Å²) in [5, 5.41) is 2.79. The van der Waals surface area contributed by atoms with Gasteiger partial charge in [-0.25, -0.2) is 9.37 Å². The monoisotopic (exact) mass is 367 g/mol. The van der Waals surface area contributed by atoms with E-state index in [-0.39, 0.29) is 17.0 Å². The molecular weight excluding hydrogens is 349 g/mol. The van der Waals surface area contributed by atoms with Gasteiger partial charge in [-0.15, -0.1) is 11.8 Å². The van der Waals surface area contributed by atoms with Crippen LogP contribution in [0.25, 0.3) is 0 Å². The van der Waals surface area contributed by atoms with Crippen molar-refractivity contribution in [3.63, 3.8) is 0 Å². The second-order valence-corrected chi connectivity index (χ2v) is 7.52. The molecule has 0 aliphatic carbocycles. The average molecular weight is 367 g/mol. The van der Waals surface area contributed by atoms with Crippen LogP contribution in [-0.4, -0.2) is 20.7 Å². The molecule has 0 fully saturated rings. The maximum atomic E-state index is 14.4. The lowest BCUT2D eigenvalue weighted by Crippen LogP contribution is -2.37. The maximum Gasteiger partial charge on any atom is 0.234 e. The van der Waals surface area contributed by atoms with Gasteiger partial charge in [-0.1, -0.05) is 36.4 Å². The van der Waals surface area contributed by atoms with Crippen molar-refractivity contribution >= 4 is 17.7 Å². The molecule has 1 N–H and O–H groups in total. The number of aryl methyl sites for hydroxylation is 1. The van der Waals surface area contributed by atoms with Gasteiger partial charge in [0.15, 0.2) is 0 Å². The minimum atomic E-state index is -0.631. The van der Waals surface area contributed by atoms with Gasteiger partial charge in [-0.2, -0.15) is 0 Å². The first kappa shape index (κ1) is 16.8. The Morgan fingerprint density at radius 2 is 2.04 bits per heavy atom. The third-order valence-corrected chi connectivity index (χ3v) is 5.88. The normalized spacial score (nSPS) is 16.9. The van der Waals surface area contributed by atoms with E-state index >= 15 is 0 Å². The quantitative estimate of drug-likeness (QED) is 0.768. The SMILES string of the molecule is Cn1ccnc1[C@H](NC(=O)[C@H]1Cc2ccccc2S1)c1ccccc1F. The van der Waals surface area contributed by atoms with Crippen molar-refractivity contribution in [2.75, 3.05) is 0 Å². The number of thioether (sulfide) groups is 1. The molecule has 2 heterocycles. The molecule has 0 saturated heterocycles. The molecule has 4 rings (SSSR count). The van der Waals surface area contributed by atoms with Gasteiger partial charge in [0.05, 0.1) is 5.25 Å². The summed E-state index contributed by atoms with van der Waals surface area (Å²) in [5.41, 5.74) is 1.59. The minimum Gasteiger partial charge on any atom is -0.341 e. The van der Waals surface area contributed by atoms with E-state index in [2.05, 4.69) is 10.3 Å². The second kappa shape index (κ2) is 6.96. The van der Waals surface area contributed by atoms with Gasteiger partial charge in [-0.3, -0.25) is 4.79 Å². The zero-order valence-corrected chi connectivity index (χ0v) is 15.0. The molecule has 6 heteroatoms. The molecule has 0 bridgehead atoms. The van der Waals surface area contributed by atoms with E-state index < -0.39 is 6.04 Å². The number of nitrogens with zero attached hydrogens (tertiary/aromatic N) is 2. The number of aromatic nitrogens is 2. The molecule has 1 amide bonds. The summed E-state index contributed by atoms with van der Waals surface area (Å²) in [5.74, 6) is 0.134. The van der Waals surface area contributed by atoms with E-state index in [9.17, 15) is 9.18 Å². The average Bonchev–Trinajstić information content (AvgIpc) is 3.26. The van der Waals surface area contributed by atoms with Crippen LogP contribution in [-0.2, 0) is 18.3 Å². The summed E-state index contributed by atoms with van der Waals surface area (Å²) >= 11 is 1.55. The van der Waals surface area contributed by atoms with Crippen molar-refractivity contribution in [3.8, 4) is 0 Å². The summed E-state index contributed by atoms with van der Waals surface area (Å²) in [6, 6.07) is 13.9. The predicted octanol–water partition coefficient (Wildman–Crippen LogP) is 3.48. The summed E-state index contributed by atoms with van der Waals surface area (Å²) in [6.07, 6.45) is 4.11. The van der Waals surface area contributed by atoms with Crippen molar-refractivity contribution in [1.29, 1.82) is 0 Å². The fraction of sp³-hybridized carbons (Fsp3) is 0.200. The van der Waals surface area contributed by atoms with E-state index in [1.165, 1.54) is 11.6 Å². The second-order valence-electron chi connectivity index (χ2n) is 6.28. The molecule has 2 atom stereocenters. The van der Waals surface area contributed by atoms with Crippen LogP contribution < -0.4 is 5.32 Å². The van der Waals surface area contributed by atoms with E-state index in [0.717, 1.165) is 4.90 Å². The number of rotatable bonds is 4. The van der Waals surface area contributed by atoms with Crippen molar-refractivity contribution in [2.45, 2.75) is 22.6 Å². The lowest BCUT2D eigenvalue weighted by Gasteiger charge is -2.21. The highest BCUT2D eigenvalue weighted by atomic mass is 32.2. The van der Waals surface area contributed by atoms with E-state index in [4.69, 9.17) is 0 Å². The number of hydrogen-bond donors (Lipinski definition) is 1. The molecule has 4 nitrogen and oxygen atoms in total. The van der Waals surface area contributed by atoms with Crippen LogP contribution in [0, 0.1) is 5.82 Å². The molecule has 2 aromatic carbocycles. The van der Waals surface area contributed by atoms with E-state index in [1.54, 1.807) is 46.9 Å². The maximum absolute atomic E-state index is 14.4. The number of benzene rings is 2. The number of imidazole rings is 1. The molecule has 26 heavy (non-hydrogen) atoms. The van der Waals surface area contributed by atoms with Crippen molar-refractivity contribution < 1.29 is 9.18 Å². The summed E-state index contributed by atoms with van der Waals surface area (Å²) in [7, 11) is 1.84. The molecule has 1 aromatic heterocycles. The van der Waals surface area contributed by atoms with Crippen LogP contribution in [0.5, 0.6) is 0 Å². The Hall–Kier alpha value is -2.60. The van der Waals surface area contributed by atoms with Crippen LogP contribution >= 0.6 is 11.8 Å². The minimum absolute atomic E-state index is 0.109. The molecule has 3 aromatic rings. The smallest absolute Gasteiger partial charge is 0.234 e. The Morgan fingerprint density at radius 1 is 1.27 bits per heavy atom. The number of carbonyl (C=O) groups excluding carboxylic acids is 1. The van der Waals surface area contributed by atoms with E-state index in [1.807, 2.05) is 31.3 Å². The molecular formula is C20H18FN3OS. The van der Waals surface area contributed by atoms with Gasteiger partial charge < -0.3 is 9.88 Å². The highest BCUT2D eigenvalue weighted by Crippen LogP contribution is 2.37. The topological polar surface area (TPSA) is 46.9 Å². The third kappa shape index (κ3) is 3.12. The van der Waals surface area contributed by atoms with Gasteiger partial charge in [0, 0.05) is 29.9 Å². The van der Waals surface area contributed by atoms with Crippen LogP contribution in [0.1, 0.15) is 23.0 Å². The van der Waals surface area contributed by atoms with Gasteiger partial charge in [0.1, 0.15) is 17.7 Å². The highest BCUT2D eigenvalue weighted by Gasteiger charge is 2.31. The van der Waals surface area contributed by atoms with Gasteiger partial charge in [-0.05, 0) is 24.1 Å². The molecule has 0 radical (unpaired) electrons. The van der Waals surface area contributed by atoms with Crippen molar-refractivity contribution in [1.82, 2.24) is 14.9 Å². The van der Waals surface area contributed by atoms with Gasteiger partial charge in [0.25, 0.3) is 0 Å². The lowest BCUT2D eigenvalue weighted by atomic mass is 10.0. The van der Waals surface area contributed by atoms with E-state index in [0.29, 0.717) is 17.8 Å². The zero-order valence-electron chi connectivity index (χ0n) is 14.2. The van der Waals surface area contributed by atoms with Crippen LogP contribution in [0.3, 0.4) is 0 Å². The first-order valence-corrected chi connectivity index (χ1v) is 9.28. The summed E-state index contributed by atoms with van der Waals surface area (Å²) < 4.78 is 16.2. The Kier molecular flexibility index (Phi) is 4.51. The Morgan fingerprint density at radius 3 is 2.77 bits per heavy atom. The summed E-state index contributed by atoms with van der Waals surface area (Å²) in [6.45, 7) is 0. The Balaban J connectivity index is 1.61. The van der Waals surface area contributed by atoms with Crippen molar-refractivity contribution in [3.05, 3.63) is 83.7 Å². The Bertz CT molecular complexity index is 930. The van der Waals surface area contributed by atoms with Crippen LogP contribution in [0.4, 0.5) is 4.39 Å². The molecule has 1 aliphatic heterocycles. The third-order valence-electron chi connectivity index (χ3n) is 4.56. The standard InChI is InChI=1S/C20H18FN3OS/c1-24-11-10-22-19(24)18(14-7-3-4-8-15(14)21)23-20(25)17-12-13-6-2-5-9-16(13)26-17/h2-11,17-18H,12H2,1H3,(H,23,25)/t17-,18-/m1/s1. The van der Waals surface area contributed by atoms with Crippen LogP contribution in [0.15, 0.2) is 65.8 Å². The fourth-order valence-corrected chi connectivity index (χ4v) is 4.41. The first-order valence-electron chi connectivity index (χ1n) is 8.40. The fourth-order valence-electron chi connectivity index (χ4n) is 3.21. The number of carbonyl (C=O) groups is 1. The Labute approximate surface area is 155 Å². The largest absolute Gasteiger partial charge is 0.341 e.